The number of hydrogen-bond donors (Lipinski definition) is 0. The lowest BCUT2D eigenvalue weighted by Crippen LogP contribution is -2.41. The molecule has 0 spiro atoms. The first-order valence-corrected chi connectivity index (χ1v) is 11.2. The van der Waals surface area contributed by atoms with Crippen LogP contribution in [0.2, 0.25) is 0 Å². The second-order valence-corrected chi connectivity index (χ2v) is 9.05. The van der Waals surface area contributed by atoms with Crippen LogP contribution in [0, 0.1) is 11.8 Å². The van der Waals surface area contributed by atoms with E-state index in [-0.39, 0.29) is 28.9 Å². The average molecular weight is 432 g/mol. The molecule has 0 atom stereocenters. The van der Waals surface area contributed by atoms with Gasteiger partial charge in [0.25, 0.3) is 11.5 Å². The van der Waals surface area contributed by atoms with Crippen LogP contribution >= 0.6 is 0 Å². The molecule has 1 aliphatic heterocycles. The molecule has 0 unspecified atom stereocenters. The zero-order chi connectivity index (χ0) is 22.8. The fourth-order valence-electron chi connectivity index (χ4n) is 4.46. The predicted molar refractivity (Wildman–Crippen MR) is 125 cm³/mol. The second kappa shape index (κ2) is 9.07. The van der Waals surface area contributed by atoms with Crippen molar-refractivity contribution in [1.29, 1.82) is 0 Å². The van der Waals surface area contributed by atoms with E-state index in [1.54, 1.807) is 36.2 Å². The van der Waals surface area contributed by atoms with Crippen molar-refractivity contribution in [2.45, 2.75) is 33.1 Å². The van der Waals surface area contributed by atoms with Gasteiger partial charge in [-0.3, -0.25) is 14.4 Å². The smallest absolute Gasteiger partial charge is 0.274 e. The molecule has 6 heteroatoms. The van der Waals surface area contributed by atoms with E-state index in [0.717, 1.165) is 12.0 Å². The molecule has 0 radical (unpaired) electrons. The molecule has 1 amide bonds. The lowest BCUT2D eigenvalue weighted by molar-refractivity contribution is 0.0645. The van der Waals surface area contributed by atoms with Gasteiger partial charge in [0.1, 0.15) is 0 Å². The number of rotatable bonds is 5. The molecular formula is C26H29N3O3. The van der Waals surface area contributed by atoms with Gasteiger partial charge in [-0.25, -0.2) is 4.68 Å². The zero-order valence-electron chi connectivity index (χ0n) is 18.9. The monoisotopic (exact) mass is 431 g/mol. The number of ketones is 1. The van der Waals surface area contributed by atoms with Crippen molar-refractivity contribution in [2.24, 2.45) is 18.9 Å². The predicted octanol–water partition coefficient (Wildman–Crippen LogP) is 3.87. The molecule has 1 aliphatic rings. The Hall–Kier alpha value is -3.28. The van der Waals surface area contributed by atoms with E-state index < -0.39 is 0 Å². The molecule has 2 aromatic carbocycles. The summed E-state index contributed by atoms with van der Waals surface area (Å²) < 4.78 is 1.22. The molecule has 166 valence electrons. The highest BCUT2D eigenvalue weighted by Crippen LogP contribution is 2.24. The Kier molecular flexibility index (Phi) is 6.21. The number of piperidine rings is 1. The van der Waals surface area contributed by atoms with Gasteiger partial charge >= 0.3 is 0 Å². The van der Waals surface area contributed by atoms with E-state index in [4.69, 9.17) is 0 Å². The number of nitrogens with zero attached hydrogens (tertiary/aromatic N) is 3. The van der Waals surface area contributed by atoms with Crippen LogP contribution in [0.5, 0.6) is 0 Å². The fourth-order valence-corrected chi connectivity index (χ4v) is 4.46. The molecule has 3 aromatic rings. The standard InChI is InChI=1S/C26H29N3O3/c1-17(2)16-18-8-10-19(11-9-18)24(30)20-12-14-29(15-13-20)26(32)23-21-6-4-5-7-22(21)25(31)28(3)27-23/h4-11,17,20H,12-16H2,1-3H3. The molecule has 0 bridgehead atoms. The quantitative estimate of drug-likeness (QED) is 0.575. The van der Waals surface area contributed by atoms with Gasteiger partial charge in [0.15, 0.2) is 11.5 Å². The number of aromatic nitrogens is 2. The topological polar surface area (TPSA) is 72.3 Å². The Labute approximate surface area is 187 Å². The van der Waals surface area contributed by atoms with E-state index >= 15 is 0 Å². The average Bonchev–Trinajstić information content (AvgIpc) is 2.81. The maximum Gasteiger partial charge on any atom is 0.274 e. The number of fused-ring (bicyclic) bond motifs is 1. The molecule has 0 aliphatic carbocycles. The third-order valence-corrected chi connectivity index (χ3v) is 6.19. The fraction of sp³-hybridized carbons (Fsp3) is 0.385. The molecule has 1 saturated heterocycles. The van der Waals surface area contributed by atoms with Crippen LogP contribution in [-0.4, -0.2) is 39.5 Å². The molecule has 2 heterocycles. The van der Waals surface area contributed by atoms with Crippen molar-refractivity contribution in [2.75, 3.05) is 13.1 Å². The van der Waals surface area contributed by atoms with Gasteiger partial charge < -0.3 is 4.90 Å². The highest BCUT2D eigenvalue weighted by molar-refractivity contribution is 6.05. The molecule has 4 rings (SSSR count). The minimum atomic E-state index is -0.221. The van der Waals surface area contributed by atoms with Gasteiger partial charge in [-0.15, -0.1) is 0 Å². The third kappa shape index (κ3) is 4.35. The lowest BCUT2D eigenvalue weighted by atomic mass is 9.88. The first-order valence-electron chi connectivity index (χ1n) is 11.2. The summed E-state index contributed by atoms with van der Waals surface area (Å²) in [6.07, 6.45) is 2.26. The SMILES string of the molecule is CC(C)Cc1ccc(C(=O)C2CCN(C(=O)c3nn(C)c(=O)c4ccccc34)CC2)cc1. The summed E-state index contributed by atoms with van der Waals surface area (Å²) in [5, 5.41) is 5.31. The summed E-state index contributed by atoms with van der Waals surface area (Å²) >= 11 is 0. The van der Waals surface area contributed by atoms with Crippen molar-refractivity contribution in [3.8, 4) is 0 Å². The largest absolute Gasteiger partial charge is 0.337 e. The van der Waals surface area contributed by atoms with Gasteiger partial charge in [-0.1, -0.05) is 56.3 Å². The minimum Gasteiger partial charge on any atom is -0.337 e. The van der Waals surface area contributed by atoms with Crippen LogP contribution in [0.25, 0.3) is 10.8 Å². The van der Waals surface area contributed by atoms with Crippen LogP contribution in [0.4, 0.5) is 0 Å². The van der Waals surface area contributed by atoms with Crippen LogP contribution in [0.15, 0.2) is 53.3 Å². The van der Waals surface area contributed by atoms with E-state index in [2.05, 4.69) is 18.9 Å². The molecule has 32 heavy (non-hydrogen) atoms. The van der Waals surface area contributed by atoms with E-state index in [0.29, 0.717) is 42.6 Å². The van der Waals surface area contributed by atoms with Crippen LogP contribution in [-0.2, 0) is 13.5 Å². The highest BCUT2D eigenvalue weighted by Gasteiger charge is 2.30. The van der Waals surface area contributed by atoms with Gasteiger partial charge in [0, 0.05) is 37.0 Å². The van der Waals surface area contributed by atoms with Gasteiger partial charge in [0.05, 0.1) is 5.39 Å². The number of amides is 1. The third-order valence-electron chi connectivity index (χ3n) is 6.19. The number of aryl methyl sites for hydroxylation is 1. The summed E-state index contributed by atoms with van der Waals surface area (Å²) in [4.78, 5) is 40.3. The summed E-state index contributed by atoms with van der Waals surface area (Å²) in [6, 6.07) is 15.0. The van der Waals surface area contributed by atoms with Gasteiger partial charge in [-0.2, -0.15) is 5.10 Å². The van der Waals surface area contributed by atoms with Crippen molar-refractivity contribution in [3.05, 3.63) is 75.7 Å². The Morgan fingerprint density at radius 3 is 2.25 bits per heavy atom. The second-order valence-electron chi connectivity index (χ2n) is 9.05. The Bertz CT molecular complexity index is 1200. The highest BCUT2D eigenvalue weighted by atomic mass is 16.2. The molecule has 6 nitrogen and oxygen atoms in total. The minimum absolute atomic E-state index is 0.0835. The van der Waals surface area contributed by atoms with Crippen molar-refractivity contribution in [1.82, 2.24) is 14.7 Å². The number of hydrogen-bond acceptors (Lipinski definition) is 4. The first kappa shape index (κ1) is 21.9. The van der Waals surface area contributed by atoms with E-state index in [1.165, 1.54) is 10.2 Å². The summed E-state index contributed by atoms with van der Waals surface area (Å²) in [6.45, 7) is 5.36. The summed E-state index contributed by atoms with van der Waals surface area (Å²) in [7, 11) is 1.56. The number of Topliss-reactive ketones (excluding diaryl/α,β-unsaturated/α-hetero) is 1. The normalized spacial score (nSPS) is 14.8. The van der Waals surface area contributed by atoms with Crippen LogP contribution < -0.4 is 5.56 Å². The Morgan fingerprint density at radius 2 is 1.62 bits per heavy atom. The number of benzene rings is 2. The number of likely N-dealkylation sites (tertiary alicyclic amines) is 1. The van der Waals surface area contributed by atoms with E-state index in [9.17, 15) is 14.4 Å². The summed E-state index contributed by atoms with van der Waals surface area (Å²) in [5.41, 5.74) is 2.05. The molecule has 1 fully saturated rings. The molecule has 0 N–H and O–H groups in total. The summed E-state index contributed by atoms with van der Waals surface area (Å²) in [5.74, 6) is 0.455. The van der Waals surface area contributed by atoms with Crippen molar-refractivity contribution in [3.63, 3.8) is 0 Å². The van der Waals surface area contributed by atoms with Crippen LogP contribution in [0.1, 0.15) is 53.1 Å². The van der Waals surface area contributed by atoms with Gasteiger partial charge in [0.2, 0.25) is 0 Å². The molecular weight excluding hydrogens is 402 g/mol. The van der Waals surface area contributed by atoms with Crippen molar-refractivity contribution >= 4 is 22.5 Å². The number of carbonyl (C=O) groups excluding carboxylic acids is 2. The molecule has 0 saturated carbocycles. The van der Waals surface area contributed by atoms with E-state index in [1.807, 2.05) is 24.3 Å². The van der Waals surface area contributed by atoms with Crippen molar-refractivity contribution < 1.29 is 9.59 Å². The lowest BCUT2D eigenvalue weighted by Gasteiger charge is -2.31. The Balaban J connectivity index is 1.45. The maximum absolute atomic E-state index is 13.2. The van der Waals surface area contributed by atoms with Crippen LogP contribution in [0.3, 0.4) is 0 Å². The first-order chi connectivity index (χ1) is 15.3. The Morgan fingerprint density at radius 1 is 1.00 bits per heavy atom. The number of carbonyl (C=O) groups is 2. The maximum atomic E-state index is 13.2. The molecule has 1 aromatic heterocycles. The zero-order valence-corrected chi connectivity index (χ0v) is 18.9. The van der Waals surface area contributed by atoms with Gasteiger partial charge in [-0.05, 0) is 36.8 Å².